The Labute approximate surface area is 117 Å². The Morgan fingerprint density at radius 1 is 1.32 bits per heavy atom. The second-order valence-corrected chi connectivity index (χ2v) is 7.09. The van der Waals surface area contributed by atoms with Gasteiger partial charge in [-0.3, -0.25) is 5.41 Å². The lowest BCUT2D eigenvalue weighted by atomic mass is 9.83. The van der Waals surface area contributed by atoms with Crippen LogP contribution in [0.5, 0.6) is 0 Å². The first-order valence-corrected chi connectivity index (χ1v) is 7.67. The van der Waals surface area contributed by atoms with Gasteiger partial charge < -0.3 is 15.5 Å². The fourth-order valence-corrected chi connectivity index (χ4v) is 3.50. The minimum absolute atomic E-state index is 0.153. The van der Waals surface area contributed by atoms with Crippen LogP contribution in [0.25, 0.3) is 0 Å². The predicted molar refractivity (Wildman–Crippen MR) is 80.5 cm³/mol. The second-order valence-electron chi connectivity index (χ2n) is 7.09. The maximum atomic E-state index is 7.64. The molecule has 0 aliphatic carbocycles. The van der Waals surface area contributed by atoms with Crippen molar-refractivity contribution < 1.29 is 0 Å². The lowest BCUT2D eigenvalue weighted by molar-refractivity contribution is 0.0360. The second kappa shape index (κ2) is 5.80. The van der Waals surface area contributed by atoms with Crippen LogP contribution in [-0.2, 0) is 0 Å². The van der Waals surface area contributed by atoms with E-state index in [-0.39, 0.29) is 5.41 Å². The minimum atomic E-state index is -0.153. The Morgan fingerprint density at radius 2 is 2.05 bits per heavy atom. The number of amidine groups is 1. The summed E-state index contributed by atoms with van der Waals surface area (Å²) >= 11 is 0. The summed E-state index contributed by atoms with van der Waals surface area (Å²) in [6.45, 7) is 8.97. The van der Waals surface area contributed by atoms with Crippen molar-refractivity contribution in [1.29, 1.82) is 5.41 Å². The number of fused-ring (bicyclic) bond motifs is 1. The molecule has 2 rings (SSSR count). The summed E-state index contributed by atoms with van der Waals surface area (Å²) in [6, 6.07) is 0.811. The van der Waals surface area contributed by atoms with Crippen LogP contribution < -0.4 is 5.73 Å². The van der Waals surface area contributed by atoms with Crippen LogP contribution in [0.4, 0.5) is 0 Å². The zero-order valence-electron chi connectivity index (χ0n) is 12.8. The molecule has 2 unspecified atom stereocenters. The molecular weight excluding hydrogens is 236 g/mol. The molecule has 4 nitrogen and oxygen atoms in total. The fraction of sp³-hybridized carbons (Fsp3) is 0.933. The van der Waals surface area contributed by atoms with Crippen LogP contribution in [0, 0.1) is 16.7 Å². The molecule has 0 saturated carbocycles. The number of rotatable bonds is 4. The lowest BCUT2D eigenvalue weighted by Crippen LogP contribution is -2.53. The molecule has 0 bridgehead atoms. The molecule has 3 N–H and O–H groups in total. The van der Waals surface area contributed by atoms with Gasteiger partial charge in [0, 0.05) is 18.0 Å². The Kier molecular flexibility index (Phi) is 4.51. The van der Waals surface area contributed by atoms with Crippen molar-refractivity contribution in [2.75, 3.05) is 33.2 Å². The molecule has 4 heteroatoms. The minimum Gasteiger partial charge on any atom is -0.387 e. The van der Waals surface area contributed by atoms with E-state index >= 15 is 0 Å². The highest BCUT2D eigenvalue weighted by molar-refractivity contribution is 5.82. The maximum Gasteiger partial charge on any atom is 0.0963 e. The van der Waals surface area contributed by atoms with E-state index in [1.165, 1.54) is 38.9 Å². The van der Waals surface area contributed by atoms with E-state index in [1.54, 1.807) is 0 Å². The topological polar surface area (TPSA) is 56.4 Å². The van der Waals surface area contributed by atoms with Gasteiger partial charge in [0.2, 0.25) is 0 Å². The number of likely N-dealkylation sites (tertiary alicyclic amines) is 2. The van der Waals surface area contributed by atoms with Gasteiger partial charge in [0.05, 0.1) is 5.84 Å². The molecule has 19 heavy (non-hydrogen) atoms. The molecule has 2 heterocycles. The van der Waals surface area contributed by atoms with Gasteiger partial charge in [0.15, 0.2) is 0 Å². The summed E-state index contributed by atoms with van der Waals surface area (Å²) in [5.74, 6) is 1.17. The highest BCUT2D eigenvalue weighted by Gasteiger charge is 2.34. The molecule has 0 aromatic rings. The van der Waals surface area contributed by atoms with Crippen molar-refractivity contribution in [2.24, 2.45) is 17.1 Å². The number of piperidine rings is 2. The summed E-state index contributed by atoms with van der Waals surface area (Å²) in [4.78, 5) is 5.15. The Hall–Kier alpha value is -0.610. The van der Waals surface area contributed by atoms with Crippen LogP contribution in [-0.4, -0.2) is 54.9 Å². The average Bonchev–Trinajstić information content (AvgIpc) is 2.36. The highest BCUT2D eigenvalue weighted by Crippen LogP contribution is 2.30. The largest absolute Gasteiger partial charge is 0.387 e. The number of nitrogens with one attached hydrogen (secondary N) is 1. The molecular formula is C15H30N4. The number of hydrogen-bond donors (Lipinski definition) is 2. The molecule has 0 spiro atoms. The van der Waals surface area contributed by atoms with Crippen LogP contribution in [0.3, 0.4) is 0 Å². The maximum absolute atomic E-state index is 7.64. The first-order chi connectivity index (χ1) is 8.90. The third kappa shape index (κ3) is 3.48. The predicted octanol–water partition coefficient (Wildman–Crippen LogP) is 1.75. The smallest absolute Gasteiger partial charge is 0.0963 e. The Bertz CT molecular complexity index is 326. The Morgan fingerprint density at radius 3 is 2.74 bits per heavy atom. The van der Waals surface area contributed by atoms with Gasteiger partial charge in [0.25, 0.3) is 0 Å². The SMILES string of the molecule is CN1CCCC2CN(CCC(C)(C)C(=N)N)CCC21. The summed E-state index contributed by atoms with van der Waals surface area (Å²) < 4.78 is 0. The molecule has 0 amide bonds. The van der Waals surface area contributed by atoms with Gasteiger partial charge in [-0.25, -0.2) is 0 Å². The van der Waals surface area contributed by atoms with Crippen molar-refractivity contribution in [3.63, 3.8) is 0 Å². The lowest BCUT2D eigenvalue weighted by Gasteiger charge is -2.46. The molecule has 0 radical (unpaired) electrons. The van der Waals surface area contributed by atoms with Gasteiger partial charge in [-0.1, -0.05) is 13.8 Å². The summed E-state index contributed by atoms with van der Waals surface area (Å²) in [5.41, 5.74) is 5.52. The van der Waals surface area contributed by atoms with E-state index in [0.717, 1.165) is 24.9 Å². The molecule has 2 aliphatic rings. The van der Waals surface area contributed by atoms with E-state index in [2.05, 4.69) is 30.7 Å². The third-order valence-corrected chi connectivity index (χ3v) is 5.21. The van der Waals surface area contributed by atoms with Crippen molar-refractivity contribution >= 4 is 5.84 Å². The first-order valence-electron chi connectivity index (χ1n) is 7.67. The molecule has 2 atom stereocenters. The van der Waals surface area contributed by atoms with Gasteiger partial charge >= 0.3 is 0 Å². The van der Waals surface area contributed by atoms with Crippen molar-refractivity contribution in [2.45, 2.75) is 45.6 Å². The Balaban J connectivity index is 1.83. The number of hydrogen-bond acceptors (Lipinski definition) is 3. The molecule has 2 aliphatic heterocycles. The van der Waals surface area contributed by atoms with Crippen LogP contribution in [0.15, 0.2) is 0 Å². The summed E-state index contributed by atoms with van der Waals surface area (Å²) in [5, 5.41) is 7.64. The van der Waals surface area contributed by atoms with E-state index in [9.17, 15) is 0 Å². The van der Waals surface area contributed by atoms with Crippen molar-refractivity contribution in [3.05, 3.63) is 0 Å². The average molecular weight is 266 g/mol. The van der Waals surface area contributed by atoms with Crippen molar-refractivity contribution in [1.82, 2.24) is 9.80 Å². The quantitative estimate of drug-likeness (QED) is 0.602. The zero-order chi connectivity index (χ0) is 14.0. The monoisotopic (exact) mass is 266 g/mol. The highest BCUT2D eigenvalue weighted by atomic mass is 15.2. The van der Waals surface area contributed by atoms with E-state index < -0.39 is 0 Å². The summed E-state index contributed by atoms with van der Waals surface area (Å²) in [7, 11) is 2.28. The van der Waals surface area contributed by atoms with Crippen LogP contribution >= 0.6 is 0 Å². The van der Waals surface area contributed by atoms with Crippen molar-refractivity contribution in [3.8, 4) is 0 Å². The third-order valence-electron chi connectivity index (χ3n) is 5.21. The molecule has 0 aromatic heterocycles. The molecule has 2 saturated heterocycles. The van der Waals surface area contributed by atoms with Gasteiger partial charge in [-0.05, 0) is 58.3 Å². The molecule has 2 fully saturated rings. The standard InChI is InChI=1S/C15H30N4/c1-15(2,14(16)17)7-10-19-9-6-13-12(11-19)5-4-8-18(13)3/h12-13H,4-11H2,1-3H3,(H3,16,17). The van der Waals surface area contributed by atoms with Crippen LogP contribution in [0.1, 0.15) is 39.5 Å². The van der Waals surface area contributed by atoms with E-state index in [0.29, 0.717) is 5.84 Å². The molecule has 0 aromatic carbocycles. The van der Waals surface area contributed by atoms with E-state index in [1.807, 2.05) is 0 Å². The number of nitrogens with two attached hydrogens (primary N) is 1. The van der Waals surface area contributed by atoms with Crippen LogP contribution in [0.2, 0.25) is 0 Å². The van der Waals surface area contributed by atoms with Gasteiger partial charge in [0.1, 0.15) is 0 Å². The number of nitrogens with zero attached hydrogens (tertiary/aromatic N) is 2. The van der Waals surface area contributed by atoms with Gasteiger partial charge in [-0.15, -0.1) is 0 Å². The zero-order valence-corrected chi connectivity index (χ0v) is 12.8. The summed E-state index contributed by atoms with van der Waals surface area (Å²) in [6.07, 6.45) is 5.04. The normalized spacial score (nSPS) is 30.1. The first kappa shape index (κ1) is 14.8. The fourth-order valence-electron chi connectivity index (χ4n) is 3.50. The van der Waals surface area contributed by atoms with E-state index in [4.69, 9.17) is 11.1 Å². The molecule has 110 valence electrons. The van der Waals surface area contributed by atoms with Gasteiger partial charge in [-0.2, -0.15) is 0 Å².